The van der Waals surface area contributed by atoms with Gasteiger partial charge in [-0.05, 0) is 72.4 Å². The van der Waals surface area contributed by atoms with Crippen LogP contribution in [0.4, 0.5) is 31.9 Å². The van der Waals surface area contributed by atoms with Crippen molar-refractivity contribution in [1.82, 2.24) is 19.2 Å². The molecule has 242 valence electrons. The van der Waals surface area contributed by atoms with Crippen molar-refractivity contribution in [2.24, 2.45) is 5.92 Å². The molecule has 1 aromatic heterocycles. The molecule has 4 aromatic rings. The number of hydrogen-bond donors (Lipinski definition) is 3. The van der Waals surface area contributed by atoms with Gasteiger partial charge in [0.15, 0.2) is 11.6 Å². The number of nitrogens with one attached hydrogen (secondary N) is 2. The Morgan fingerprint density at radius 3 is 2.37 bits per heavy atom. The minimum Gasteiger partial charge on any atom is -0.388 e. The number of sulfonamides is 1. The number of nitrogens with zero attached hydrogens (tertiary/aromatic N) is 4. The molecule has 2 saturated heterocycles. The molecule has 0 radical (unpaired) electrons. The number of piperidine rings is 1. The highest BCUT2D eigenvalue weighted by Gasteiger charge is 2.32. The molecule has 3 N–H and O–H groups in total. The van der Waals surface area contributed by atoms with Gasteiger partial charge in [-0.15, -0.1) is 0 Å². The van der Waals surface area contributed by atoms with Crippen LogP contribution in [0.15, 0.2) is 83.9 Å². The summed E-state index contributed by atoms with van der Waals surface area (Å²) in [5, 5.41) is 17.1. The normalized spacial score (nSPS) is 17.5. The number of hydrogen-bond acceptors (Lipinski definition) is 9. The molecule has 2 aliphatic heterocycles. The van der Waals surface area contributed by atoms with E-state index in [0.29, 0.717) is 43.1 Å². The molecule has 13 heteroatoms. The van der Waals surface area contributed by atoms with E-state index >= 15 is 0 Å². The van der Waals surface area contributed by atoms with Crippen molar-refractivity contribution in [2.75, 3.05) is 50.0 Å². The van der Waals surface area contributed by atoms with Crippen LogP contribution in [0.5, 0.6) is 0 Å². The fourth-order valence-electron chi connectivity index (χ4n) is 5.80. The first-order valence-corrected chi connectivity index (χ1v) is 16.7. The SMILES string of the molecule is O=S(=O)(c1ccc(Nc2nccc(Nc3ccc(F)c(F)c3)n2)cc1)N1CCC(C(O)c2cccc(CN3CCOCC3)c2)CC1. The highest BCUT2D eigenvalue weighted by molar-refractivity contribution is 7.89. The van der Waals surface area contributed by atoms with E-state index in [-0.39, 0.29) is 16.8 Å². The van der Waals surface area contributed by atoms with Gasteiger partial charge in [0.25, 0.3) is 0 Å². The van der Waals surface area contributed by atoms with Gasteiger partial charge in [-0.3, -0.25) is 4.90 Å². The second kappa shape index (κ2) is 14.2. The Morgan fingerprint density at radius 1 is 0.891 bits per heavy atom. The number of anilines is 4. The maximum absolute atomic E-state index is 13.6. The van der Waals surface area contributed by atoms with E-state index in [2.05, 4.69) is 37.6 Å². The molecule has 0 aliphatic carbocycles. The first-order valence-electron chi connectivity index (χ1n) is 15.2. The van der Waals surface area contributed by atoms with E-state index < -0.39 is 27.8 Å². The van der Waals surface area contributed by atoms with Crippen LogP contribution < -0.4 is 10.6 Å². The molecule has 1 unspecified atom stereocenters. The zero-order valence-corrected chi connectivity index (χ0v) is 26.0. The van der Waals surface area contributed by atoms with Gasteiger partial charge in [0.1, 0.15) is 5.82 Å². The van der Waals surface area contributed by atoms with Crippen LogP contribution in [0.25, 0.3) is 0 Å². The first-order chi connectivity index (χ1) is 22.2. The van der Waals surface area contributed by atoms with E-state index in [9.17, 15) is 22.3 Å². The lowest BCUT2D eigenvalue weighted by molar-refractivity contribution is 0.0341. The van der Waals surface area contributed by atoms with Crippen LogP contribution in [0.1, 0.15) is 30.1 Å². The lowest BCUT2D eigenvalue weighted by Gasteiger charge is -2.34. The lowest BCUT2D eigenvalue weighted by Crippen LogP contribution is -2.39. The smallest absolute Gasteiger partial charge is 0.243 e. The summed E-state index contributed by atoms with van der Waals surface area (Å²) in [5.41, 5.74) is 2.91. The minimum atomic E-state index is -3.73. The predicted octanol–water partition coefficient (Wildman–Crippen LogP) is 5.21. The molecular formula is C33H36F2N6O4S. The molecule has 1 atom stereocenters. The number of aliphatic hydroxyl groups is 1. The van der Waals surface area contributed by atoms with Crippen molar-refractivity contribution < 1.29 is 27.0 Å². The van der Waals surface area contributed by atoms with Crippen LogP contribution >= 0.6 is 0 Å². The minimum absolute atomic E-state index is 0.0380. The maximum Gasteiger partial charge on any atom is 0.243 e. The second-order valence-electron chi connectivity index (χ2n) is 11.5. The Hall–Kier alpha value is -4.01. The zero-order chi connectivity index (χ0) is 32.1. The van der Waals surface area contributed by atoms with Gasteiger partial charge in [0, 0.05) is 56.4 Å². The van der Waals surface area contributed by atoms with Crippen LogP contribution in [0, 0.1) is 17.6 Å². The van der Waals surface area contributed by atoms with Crippen molar-refractivity contribution in [3.8, 4) is 0 Å². The highest BCUT2D eigenvalue weighted by atomic mass is 32.2. The van der Waals surface area contributed by atoms with Gasteiger partial charge in [-0.2, -0.15) is 9.29 Å². The number of benzene rings is 3. The Kier molecular flexibility index (Phi) is 9.85. The highest BCUT2D eigenvalue weighted by Crippen LogP contribution is 2.33. The summed E-state index contributed by atoms with van der Waals surface area (Å²) in [7, 11) is -3.73. The van der Waals surface area contributed by atoms with Gasteiger partial charge in [-0.1, -0.05) is 24.3 Å². The predicted molar refractivity (Wildman–Crippen MR) is 170 cm³/mol. The van der Waals surface area contributed by atoms with Crippen LogP contribution in [0.2, 0.25) is 0 Å². The van der Waals surface area contributed by atoms with Crippen LogP contribution in [0.3, 0.4) is 0 Å². The standard InChI is InChI=1S/C33H36F2N6O4S/c34-29-9-6-27(21-30(29)35)37-31-10-13-36-33(39-31)38-26-4-7-28(8-5-26)46(43,44)41-14-11-24(12-15-41)32(42)25-3-1-2-23(20-25)22-40-16-18-45-19-17-40/h1-10,13,20-21,24,32,42H,11-12,14-19,22H2,(H2,36,37,38,39). The molecule has 3 heterocycles. The third-order valence-corrected chi connectivity index (χ3v) is 10.3. The summed E-state index contributed by atoms with van der Waals surface area (Å²) in [5.74, 6) is -1.37. The molecule has 6 rings (SSSR count). The summed E-state index contributed by atoms with van der Waals surface area (Å²) in [6.45, 7) is 4.71. The molecule has 10 nitrogen and oxygen atoms in total. The summed E-state index contributed by atoms with van der Waals surface area (Å²) in [6.07, 6.45) is 1.95. The molecule has 0 spiro atoms. The van der Waals surface area contributed by atoms with Crippen LogP contribution in [-0.4, -0.2) is 72.1 Å². The Morgan fingerprint density at radius 2 is 1.63 bits per heavy atom. The van der Waals surface area contributed by atoms with E-state index in [1.54, 1.807) is 18.2 Å². The largest absolute Gasteiger partial charge is 0.388 e. The van der Waals surface area contributed by atoms with Crippen molar-refractivity contribution in [3.05, 3.63) is 102 Å². The van der Waals surface area contributed by atoms with E-state index in [1.165, 1.54) is 28.7 Å². The molecule has 0 amide bonds. The summed E-state index contributed by atoms with van der Waals surface area (Å²) in [4.78, 5) is 11.0. The van der Waals surface area contributed by atoms with E-state index in [0.717, 1.165) is 56.1 Å². The van der Waals surface area contributed by atoms with Gasteiger partial charge in [0.05, 0.1) is 24.2 Å². The van der Waals surface area contributed by atoms with Gasteiger partial charge in [0.2, 0.25) is 16.0 Å². The monoisotopic (exact) mass is 650 g/mol. The number of aromatic nitrogens is 2. The average molecular weight is 651 g/mol. The number of morpholine rings is 1. The number of ether oxygens (including phenoxy) is 1. The number of aliphatic hydroxyl groups excluding tert-OH is 1. The van der Waals surface area contributed by atoms with E-state index in [4.69, 9.17) is 4.74 Å². The lowest BCUT2D eigenvalue weighted by atomic mass is 9.87. The summed E-state index contributed by atoms with van der Waals surface area (Å²) in [6, 6.07) is 19.4. The quantitative estimate of drug-likeness (QED) is 0.213. The zero-order valence-electron chi connectivity index (χ0n) is 25.1. The Balaban J connectivity index is 1.03. The molecule has 0 saturated carbocycles. The van der Waals surface area contributed by atoms with Gasteiger partial charge >= 0.3 is 0 Å². The van der Waals surface area contributed by atoms with Crippen molar-refractivity contribution in [2.45, 2.75) is 30.4 Å². The molecule has 0 bridgehead atoms. The molecule has 3 aromatic carbocycles. The summed E-state index contributed by atoms with van der Waals surface area (Å²) < 4.78 is 60.6. The second-order valence-corrected chi connectivity index (χ2v) is 13.4. The number of halogens is 2. The molecular weight excluding hydrogens is 614 g/mol. The van der Waals surface area contributed by atoms with Crippen molar-refractivity contribution in [3.63, 3.8) is 0 Å². The first kappa shape index (κ1) is 32.0. The molecule has 2 aliphatic rings. The van der Waals surface area contributed by atoms with E-state index in [1.807, 2.05) is 12.1 Å². The molecule has 46 heavy (non-hydrogen) atoms. The maximum atomic E-state index is 13.6. The fourth-order valence-corrected chi connectivity index (χ4v) is 7.27. The fraction of sp³-hybridized carbons (Fsp3) is 0.333. The Labute approximate surface area is 267 Å². The third-order valence-electron chi connectivity index (χ3n) is 8.34. The van der Waals surface area contributed by atoms with Gasteiger partial charge in [-0.25, -0.2) is 22.2 Å². The van der Waals surface area contributed by atoms with Crippen molar-refractivity contribution >= 4 is 33.2 Å². The topological polar surface area (TPSA) is 120 Å². The van der Waals surface area contributed by atoms with Crippen molar-refractivity contribution in [1.29, 1.82) is 0 Å². The molecule has 2 fully saturated rings. The Bertz CT molecular complexity index is 1750. The number of rotatable bonds is 10. The average Bonchev–Trinajstić information content (AvgIpc) is 3.07. The third kappa shape index (κ3) is 7.68. The van der Waals surface area contributed by atoms with Gasteiger partial charge < -0.3 is 20.5 Å². The van der Waals surface area contributed by atoms with Crippen LogP contribution in [-0.2, 0) is 21.3 Å². The summed E-state index contributed by atoms with van der Waals surface area (Å²) >= 11 is 0.